The molecule has 0 atom stereocenters. The molecule has 1 heterocycles. The Balaban J connectivity index is 1.64. The molecule has 0 radical (unpaired) electrons. The van der Waals surface area contributed by atoms with E-state index >= 15 is 0 Å². The quantitative estimate of drug-likeness (QED) is 0.333. The summed E-state index contributed by atoms with van der Waals surface area (Å²) in [6, 6.07) is 20.4. The minimum absolute atomic E-state index is 0.0200. The van der Waals surface area contributed by atoms with E-state index in [0.717, 1.165) is 12.1 Å². The first-order valence-corrected chi connectivity index (χ1v) is 10.5. The van der Waals surface area contributed by atoms with Crippen molar-refractivity contribution in [3.63, 3.8) is 0 Å². The Kier molecular flexibility index (Phi) is 6.79. The maximum Gasteiger partial charge on any atom is 0.416 e. The molecular weight excluding hydrogens is 467 g/mol. The molecule has 9 heteroatoms. The van der Waals surface area contributed by atoms with Crippen molar-refractivity contribution in [1.82, 2.24) is 9.97 Å². The van der Waals surface area contributed by atoms with E-state index in [9.17, 15) is 18.0 Å². The van der Waals surface area contributed by atoms with Crippen LogP contribution < -0.4 is 10.1 Å². The van der Waals surface area contributed by atoms with Crippen molar-refractivity contribution in [3.8, 4) is 17.3 Å². The molecule has 172 valence electrons. The lowest BCUT2D eigenvalue weighted by Gasteiger charge is -2.13. The van der Waals surface area contributed by atoms with Crippen molar-refractivity contribution in [2.75, 3.05) is 5.32 Å². The van der Waals surface area contributed by atoms with Crippen molar-refractivity contribution in [3.05, 3.63) is 107 Å². The van der Waals surface area contributed by atoms with Crippen molar-refractivity contribution in [2.45, 2.75) is 12.8 Å². The van der Waals surface area contributed by atoms with Crippen LogP contribution in [0, 0.1) is 0 Å². The Morgan fingerprint density at radius 3 is 2.47 bits per heavy atom. The van der Waals surface area contributed by atoms with Crippen molar-refractivity contribution in [1.29, 1.82) is 0 Å². The number of alkyl halides is 3. The molecule has 1 N–H and O–H groups in total. The highest BCUT2D eigenvalue weighted by molar-refractivity contribution is 6.31. The molecule has 0 saturated carbocycles. The van der Waals surface area contributed by atoms with Crippen LogP contribution in [-0.4, -0.2) is 15.9 Å². The van der Waals surface area contributed by atoms with Gasteiger partial charge in [0.05, 0.1) is 5.56 Å². The maximum atomic E-state index is 13.1. The number of rotatable bonds is 6. The van der Waals surface area contributed by atoms with Crippen LogP contribution in [0.3, 0.4) is 0 Å². The molecule has 3 aromatic carbocycles. The highest BCUT2D eigenvalue weighted by atomic mass is 35.5. The zero-order valence-corrected chi connectivity index (χ0v) is 18.3. The van der Waals surface area contributed by atoms with Crippen LogP contribution in [0.1, 0.15) is 21.5 Å². The summed E-state index contributed by atoms with van der Waals surface area (Å²) in [5.41, 5.74) is 0.643. The molecule has 0 aliphatic heterocycles. The van der Waals surface area contributed by atoms with Crippen molar-refractivity contribution in [2.24, 2.45) is 0 Å². The molecule has 0 bridgehead atoms. The minimum atomic E-state index is -4.48. The fourth-order valence-corrected chi connectivity index (χ4v) is 3.30. The maximum absolute atomic E-state index is 13.1. The summed E-state index contributed by atoms with van der Waals surface area (Å²) < 4.78 is 44.9. The lowest BCUT2D eigenvalue weighted by atomic mass is 10.1. The molecule has 0 saturated heterocycles. The Labute approximate surface area is 198 Å². The third-order valence-electron chi connectivity index (χ3n) is 4.74. The van der Waals surface area contributed by atoms with Gasteiger partial charge in [0.15, 0.2) is 5.82 Å². The SMILES string of the molecule is O=C(Nc1cccc(Cl)c1)c1cnc(-c2ccccc2)nc1OCc1cccc(C(F)(F)F)c1. The van der Waals surface area contributed by atoms with Crippen LogP contribution in [-0.2, 0) is 12.8 Å². The first kappa shape index (κ1) is 23.3. The molecule has 0 aliphatic rings. The van der Waals surface area contributed by atoms with Gasteiger partial charge in [-0.05, 0) is 35.9 Å². The summed E-state index contributed by atoms with van der Waals surface area (Å²) in [6.45, 7) is -0.230. The number of anilines is 1. The molecular formula is C25H17ClF3N3O2. The molecule has 0 unspecified atom stereocenters. The molecule has 34 heavy (non-hydrogen) atoms. The smallest absolute Gasteiger partial charge is 0.416 e. The van der Waals surface area contributed by atoms with Gasteiger partial charge in [0.1, 0.15) is 12.2 Å². The third kappa shape index (κ3) is 5.71. The van der Waals surface area contributed by atoms with Gasteiger partial charge in [-0.25, -0.2) is 4.98 Å². The summed E-state index contributed by atoms with van der Waals surface area (Å²) >= 11 is 5.98. The highest BCUT2D eigenvalue weighted by Gasteiger charge is 2.30. The predicted molar refractivity (Wildman–Crippen MR) is 123 cm³/mol. The van der Waals surface area contributed by atoms with Crippen LogP contribution in [0.2, 0.25) is 5.02 Å². The summed E-state index contributed by atoms with van der Waals surface area (Å²) in [5, 5.41) is 3.13. The van der Waals surface area contributed by atoms with E-state index in [1.54, 1.807) is 36.4 Å². The number of ether oxygens (including phenoxy) is 1. The van der Waals surface area contributed by atoms with Gasteiger partial charge in [0, 0.05) is 22.5 Å². The molecule has 4 aromatic rings. The van der Waals surface area contributed by atoms with E-state index in [-0.39, 0.29) is 23.6 Å². The van der Waals surface area contributed by atoms with E-state index in [4.69, 9.17) is 16.3 Å². The van der Waals surface area contributed by atoms with Crippen LogP contribution >= 0.6 is 11.6 Å². The number of nitrogens with one attached hydrogen (secondary N) is 1. The average Bonchev–Trinajstić information content (AvgIpc) is 2.83. The molecule has 5 nitrogen and oxygen atoms in total. The number of hydrogen-bond acceptors (Lipinski definition) is 4. The summed E-state index contributed by atoms with van der Waals surface area (Å²) in [5.74, 6) is -0.314. The first-order valence-electron chi connectivity index (χ1n) is 10.1. The van der Waals surface area contributed by atoms with Gasteiger partial charge < -0.3 is 10.1 Å². The zero-order valence-electron chi connectivity index (χ0n) is 17.5. The number of carbonyl (C=O) groups excluding carboxylic acids is 1. The zero-order chi connectivity index (χ0) is 24.1. The Morgan fingerprint density at radius 2 is 1.74 bits per heavy atom. The van der Waals surface area contributed by atoms with Crippen LogP contribution in [0.5, 0.6) is 5.88 Å². The number of carbonyl (C=O) groups is 1. The van der Waals surface area contributed by atoms with Gasteiger partial charge in [-0.2, -0.15) is 18.2 Å². The van der Waals surface area contributed by atoms with Crippen molar-refractivity contribution < 1.29 is 22.7 Å². The normalized spacial score (nSPS) is 11.2. The number of aromatic nitrogens is 2. The van der Waals surface area contributed by atoms with Crippen LogP contribution in [0.25, 0.3) is 11.4 Å². The standard InChI is InChI=1S/C25H17ClF3N3O2/c26-19-10-5-11-20(13-19)31-23(33)21-14-30-22(17-7-2-1-3-8-17)32-24(21)34-15-16-6-4-9-18(12-16)25(27,28)29/h1-14H,15H2,(H,31,33). The number of halogens is 4. The summed E-state index contributed by atoms with van der Waals surface area (Å²) in [4.78, 5) is 21.6. The lowest BCUT2D eigenvalue weighted by molar-refractivity contribution is -0.137. The van der Waals surface area contributed by atoms with Gasteiger partial charge in [0.25, 0.3) is 5.91 Å². The number of amides is 1. The van der Waals surface area contributed by atoms with Crippen LogP contribution in [0.15, 0.2) is 85.1 Å². The first-order chi connectivity index (χ1) is 16.3. The third-order valence-corrected chi connectivity index (χ3v) is 4.98. The predicted octanol–water partition coefficient (Wildman–Crippen LogP) is 6.65. The topological polar surface area (TPSA) is 64.1 Å². The van der Waals surface area contributed by atoms with Gasteiger partial charge in [-0.1, -0.05) is 60.1 Å². The van der Waals surface area contributed by atoms with Gasteiger partial charge >= 0.3 is 6.18 Å². The molecule has 0 aliphatic carbocycles. The van der Waals surface area contributed by atoms with Gasteiger partial charge in [0.2, 0.25) is 5.88 Å². The summed E-state index contributed by atoms with van der Waals surface area (Å²) in [6.07, 6.45) is -3.16. The van der Waals surface area contributed by atoms with E-state index in [1.165, 1.54) is 18.3 Å². The molecule has 1 aromatic heterocycles. The Morgan fingerprint density at radius 1 is 0.971 bits per heavy atom. The number of benzene rings is 3. The van der Waals surface area contributed by atoms with Gasteiger partial charge in [-0.3, -0.25) is 4.79 Å². The molecule has 0 fully saturated rings. The van der Waals surface area contributed by atoms with Gasteiger partial charge in [-0.15, -0.1) is 0 Å². The Bertz CT molecular complexity index is 1310. The van der Waals surface area contributed by atoms with Crippen molar-refractivity contribution >= 4 is 23.2 Å². The van der Waals surface area contributed by atoms with Crippen LogP contribution in [0.4, 0.5) is 18.9 Å². The second-order valence-electron chi connectivity index (χ2n) is 7.23. The van der Waals surface area contributed by atoms with E-state index in [2.05, 4.69) is 15.3 Å². The molecule has 0 spiro atoms. The summed E-state index contributed by atoms with van der Waals surface area (Å²) in [7, 11) is 0. The van der Waals surface area contributed by atoms with E-state index in [1.807, 2.05) is 18.2 Å². The largest absolute Gasteiger partial charge is 0.472 e. The average molecular weight is 484 g/mol. The fraction of sp³-hybridized carbons (Fsp3) is 0.0800. The lowest BCUT2D eigenvalue weighted by Crippen LogP contribution is -2.15. The molecule has 1 amide bonds. The Hall–Kier alpha value is -3.91. The molecule has 4 rings (SSSR count). The number of nitrogens with zero attached hydrogens (tertiary/aromatic N) is 2. The number of hydrogen-bond donors (Lipinski definition) is 1. The highest BCUT2D eigenvalue weighted by Crippen LogP contribution is 2.30. The monoisotopic (exact) mass is 483 g/mol. The van der Waals surface area contributed by atoms with E-state index < -0.39 is 17.6 Å². The van der Waals surface area contributed by atoms with E-state index in [0.29, 0.717) is 22.1 Å². The second kappa shape index (κ2) is 9.93. The fourth-order valence-electron chi connectivity index (χ4n) is 3.11. The minimum Gasteiger partial charge on any atom is -0.472 e. The second-order valence-corrected chi connectivity index (χ2v) is 7.67.